The molecule has 4 rings (SSSR count). The maximum atomic E-state index is 13.5. The van der Waals surface area contributed by atoms with Gasteiger partial charge in [0.1, 0.15) is 6.04 Å². The number of anilines is 1. The van der Waals surface area contributed by atoms with Gasteiger partial charge < -0.3 is 5.32 Å². The maximum Gasteiger partial charge on any atom is 0.273 e. The lowest BCUT2D eigenvalue weighted by atomic mass is 10.0. The van der Waals surface area contributed by atoms with Gasteiger partial charge in [-0.15, -0.1) is 0 Å². The van der Waals surface area contributed by atoms with Gasteiger partial charge >= 0.3 is 0 Å². The van der Waals surface area contributed by atoms with Crippen molar-refractivity contribution in [2.45, 2.75) is 47.1 Å². The van der Waals surface area contributed by atoms with E-state index in [1.807, 2.05) is 61.2 Å². The van der Waals surface area contributed by atoms with Crippen molar-refractivity contribution in [3.8, 4) is 0 Å². The van der Waals surface area contributed by atoms with Crippen LogP contribution in [0.5, 0.6) is 0 Å². The zero-order chi connectivity index (χ0) is 21.6. The number of rotatable bonds is 4. The average Bonchev–Trinajstić information content (AvgIpc) is 3.00. The number of hydrogen-bond acceptors (Lipinski definition) is 3. The third kappa shape index (κ3) is 3.18. The first-order valence-corrected chi connectivity index (χ1v) is 10.2. The van der Waals surface area contributed by atoms with E-state index in [9.17, 15) is 9.59 Å². The Balaban J connectivity index is 1.89. The van der Waals surface area contributed by atoms with E-state index in [0.29, 0.717) is 12.1 Å². The van der Waals surface area contributed by atoms with Gasteiger partial charge in [0.15, 0.2) is 5.65 Å². The van der Waals surface area contributed by atoms with Crippen LogP contribution >= 0.6 is 0 Å². The Hall–Kier alpha value is -3.41. The van der Waals surface area contributed by atoms with E-state index in [1.165, 1.54) is 11.6 Å². The van der Waals surface area contributed by atoms with Gasteiger partial charge in [-0.2, -0.15) is 4.98 Å². The topological polar surface area (TPSA) is 68.4 Å². The molecule has 1 amide bonds. The Labute approximate surface area is 175 Å². The molecule has 6 heteroatoms. The van der Waals surface area contributed by atoms with E-state index in [-0.39, 0.29) is 11.5 Å². The summed E-state index contributed by atoms with van der Waals surface area (Å²) in [4.78, 5) is 29.8. The van der Waals surface area contributed by atoms with E-state index in [0.717, 1.165) is 33.4 Å². The lowest BCUT2D eigenvalue weighted by Crippen LogP contribution is -2.29. The fraction of sp³-hybridized carbons (Fsp3) is 0.292. The number of nitrogens with one attached hydrogen (secondary N) is 1. The number of benzene rings is 2. The largest absolute Gasteiger partial charge is 0.324 e. The first-order chi connectivity index (χ1) is 14.3. The second-order valence-electron chi connectivity index (χ2n) is 7.92. The summed E-state index contributed by atoms with van der Waals surface area (Å²) in [7, 11) is 0. The van der Waals surface area contributed by atoms with E-state index >= 15 is 0 Å². The average molecular weight is 402 g/mol. The predicted octanol–water partition coefficient (Wildman–Crippen LogP) is 4.47. The van der Waals surface area contributed by atoms with Crippen LogP contribution < -0.4 is 10.9 Å². The van der Waals surface area contributed by atoms with Crippen LogP contribution in [-0.4, -0.2) is 20.1 Å². The molecule has 4 aromatic rings. The van der Waals surface area contributed by atoms with Gasteiger partial charge in [-0.1, -0.05) is 36.8 Å². The number of aryl methyl sites for hydroxylation is 4. The molecule has 0 aliphatic rings. The van der Waals surface area contributed by atoms with Crippen LogP contribution in [0.3, 0.4) is 0 Å². The van der Waals surface area contributed by atoms with Crippen molar-refractivity contribution in [1.82, 2.24) is 14.2 Å². The van der Waals surface area contributed by atoms with Crippen molar-refractivity contribution in [3.63, 3.8) is 0 Å². The maximum absolute atomic E-state index is 13.5. The standard InChI is InChI=1S/C24H26N4O2/c1-6-19(24(30)26-22-15(3)11-14(2)12-16(22)4)28-20-10-8-7-9-18(20)23-25-21(29)13-17(5)27(23)28/h7-13,19H,6H2,1-5H3,(H,26,30)/t19-/m0/s1. The summed E-state index contributed by atoms with van der Waals surface area (Å²) in [5.41, 5.74) is 6.02. The Morgan fingerprint density at radius 1 is 1.07 bits per heavy atom. The second kappa shape index (κ2) is 7.44. The lowest BCUT2D eigenvalue weighted by molar-refractivity contribution is -0.119. The summed E-state index contributed by atoms with van der Waals surface area (Å²) in [6.45, 7) is 9.93. The molecule has 6 nitrogen and oxygen atoms in total. The number of carbonyl (C=O) groups is 1. The molecule has 0 aliphatic heterocycles. The zero-order valence-electron chi connectivity index (χ0n) is 18.0. The van der Waals surface area contributed by atoms with Gasteiger partial charge in [-0.05, 0) is 57.4 Å². The molecule has 0 unspecified atom stereocenters. The van der Waals surface area contributed by atoms with Crippen molar-refractivity contribution in [2.75, 3.05) is 5.32 Å². The molecule has 0 saturated heterocycles. The second-order valence-corrected chi connectivity index (χ2v) is 7.92. The molecule has 154 valence electrons. The van der Waals surface area contributed by atoms with Crippen molar-refractivity contribution in [3.05, 3.63) is 75.2 Å². The van der Waals surface area contributed by atoms with Gasteiger partial charge in [0.25, 0.3) is 5.56 Å². The molecule has 1 atom stereocenters. The first kappa shape index (κ1) is 19.9. The summed E-state index contributed by atoms with van der Waals surface area (Å²) < 4.78 is 3.84. The quantitative estimate of drug-likeness (QED) is 0.547. The number of fused-ring (bicyclic) bond motifs is 3. The summed E-state index contributed by atoms with van der Waals surface area (Å²) in [5.74, 6) is -0.0895. The Morgan fingerprint density at radius 2 is 1.73 bits per heavy atom. The van der Waals surface area contributed by atoms with Crippen molar-refractivity contribution in [2.24, 2.45) is 0 Å². The SMILES string of the molecule is CC[C@@H](C(=O)Nc1c(C)cc(C)cc1C)n1c2ccccc2c2nc(=O)cc(C)n21. The van der Waals surface area contributed by atoms with Gasteiger partial charge in [-0.25, -0.2) is 4.52 Å². The minimum Gasteiger partial charge on any atom is -0.324 e. The van der Waals surface area contributed by atoms with Crippen LogP contribution in [0, 0.1) is 27.7 Å². The molecule has 0 saturated carbocycles. The van der Waals surface area contributed by atoms with Crippen LogP contribution in [0.2, 0.25) is 0 Å². The summed E-state index contributed by atoms with van der Waals surface area (Å²) in [6, 6.07) is 12.9. The third-order valence-electron chi connectivity index (χ3n) is 5.60. The molecule has 2 heterocycles. The highest BCUT2D eigenvalue weighted by atomic mass is 16.2. The van der Waals surface area contributed by atoms with Gasteiger partial charge in [0.2, 0.25) is 5.91 Å². The molecule has 2 aromatic heterocycles. The van der Waals surface area contributed by atoms with Crippen molar-refractivity contribution < 1.29 is 4.79 Å². The van der Waals surface area contributed by atoms with E-state index in [2.05, 4.69) is 29.4 Å². The molecule has 30 heavy (non-hydrogen) atoms. The highest BCUT2D eigenvalue weighted by molar-refractivity contribution is 5.98. The molecule has 0 fully saturated rings. The van der Waals surface area contributed by atoms with Crippen LogP contribution in [0.15, 0.2) is 47.3 Å². The minimum absolute atomic E-state index is 0.0895. The minimum atomic E-state index is -0.462. The highest BCUT2D eigenvalue weighted by Crippen LogP contribution is 2.28. The molecule has 0 radical (unpaired) electrons. The Bertz CT molecular complexity index is 1320. The fourth-order valence-corrected chi connectivity index (χ4v) is 4.37. The zero-order valence-corrected chi connectivity index (χ0v) is 18.0. The number of amides is 1. The van der Waals surface area contributed by atoms with Gasteiger partial charge in [0.05, 0.1) is 5.52 Å². The van der Waals surface area contributed by atoms with E-state index in [1.54, 1.807) is 0 Å². The van der Waals surface area contributed by atoms with Crippen molar-refractivity contribution in [1.29, 1.82) is 0 Å². The highest BCUT2D eigenvalue weighted by Gasteiger charge is 2.25. The summed E-state index contributed by atoms with van der Waals surface area (Å²) in [5, 5.41) is 4.00. The van der Waals surface area contributed by atoms with Crippen LogP contribution in [0.4, 0.5) is 5.69 Å². The molecular weight excluding hydrogens is 376 g/mol. The van der Waals surface area contributed by atoms with Gasteiger partial charge in [-0.3, -0.25) is 14.3 Å². The molecular formula is C24H26N4O2. The number of para-hydroxylation sites is 1. The predicted molar refractivity (Wildman–Crippen MR) is 120 cm³/mol. The molecule has 2 aromatic carbocycles. The smallest absolute Gasteiger partial charge is 0.273 e. The first-order valence-electron chi connectivity index (χ1n) is 10.2. The molecule has 1 N–H and O–H groups in total. The normalized spacial score (nSPS) is 12.4. The van der Waals surface area contributed by atoms with Crippen LogP contribution in [0.1, 0.15) is 41.8 Å². The van der Waals surface area contributed by atoms with Crippen LogP contribution in [-0.2, 0) is 4.79 Å². The third-order valence-corrected chi connectivity index (χ3v) is 5.60. The molecule has 0 bridgehead atoms. The van der Waals surface area contributed by atoms with E-state index in [4.69, 9.17) is 0 Å². The van der Waals surface area contributed by atoms with Gasteiger partial charge in [0, 0.05) is 22.8 Å². The van der Waals surface area contributed by atoms with Crippen LogP contribution in [0.25, 0.3) is 16.6 Å². The van der Waals surface area contributed by atoms with Crippen molar-refractivity contribution >= 4 is 28.1 Å². The molecule has 0 aliphatic carbocycles. The Kier molecular flexibility index (Phi) is 4.94. The Morgan fingerprint density at radius 3 is 2.40 bits per heavy atom. The van der Waals surface area contributed by atoms with E-state index < -0.39 is 6.04 Å². The number of hydrogen-bond donors (Lipinski definition) is 1. The fourth-order valence-electron chi connectivity index (χ4n) is 4.37. The summed E-state index contributed by atoms with van der Waals surface area (Å²) in [6.07, 6.45) is 0.592. The summed E-state index contributed by atoms with van der Waals surface area (Å²) >= 11 is 0. The molecule has 0 spiro atoms. The number of aromatic nitrogens is 3. The number of carbonyl (C=O) groups excluding carboxylic acids is 1. The lowest BCUT2D eigenvalue weighted by Gasteiger charge is -2.22. The monoisotopic (exact) mass is 402 g/mol. The number of nitrogens with zero attached hydrogens (tertiary/aromatic N) is 3.